The molecule has 1 amide bonds. The van der Waals surface area contributed by atoms with Crippen molar-refractivity contribution in [1.82, 2.24) is 0 Å². The summed E-state index contributed by atoms with van der Waals surface area (Å²) in [4.78, 5) is 12.7. The number of nitrogens with one attached hydrogen (secondary N) is 1. The van der Waals surface area contributed by atoms with Gasteiger partial charge in [-0.3, -0.25) is 4.79 Å². The van der Waals surface area contributed by atoms with E-state index in [1.54, 1.807) is 13.2 Å². The largest absolute Gasteiger partial charge is 0.495 e. The number of halogens is 2. The van der Waals surface area contributed by atoms with Crippen LogP contribution in [0.3, 0.4) is 0 Å². The number of methoxy groups -OCH3 is 1. The molecular weight excluding hydrogens is 422 g/mol. The van der Waals surface area contributed by atoms with Crippen molar-refractivity contribution >= 4 is 43.5 Å². The Balaban J connectivity index is 2.38. The zero-order valence-electron chi connectivity index (χ0n) is 13.3. The number of carbonyl (C=O) groups excluding carboxylic acids is 1. The summed E-state index contributed by atoms with van der Waals surface area (Å²) in [5.41, 5.74) is 2.45. The standard InChI is InChI=1S/C18H19Br2NO2/c1-4-11(2)13-7-5-6-8-16(13)21-18(22)14-9-12(19)10-15(20)17(14)23-3/h5-11H,4H2,1-3H3,(H,21,22). The molecule has 0 saturated heterocycles. The lowest BCUT2D eigenvalue weighted by atomic mass is 9.96. The van der Waals surface area contributed by atoms with E-state index >= 15 is 0 Å². The van der Waals surface area contributed by atoms with Crippen LogP contribution in [0.25, 0.3) is 0 Å². The molecule has 0 spiro atoms. The summed E-state index contributed by atoms with van der Waals surface area (Å²) in [6.45, 7) is 4.29. The van der Waals surface area contributed by atoms with Crippen LogP contribution >= 0.6 is 31.9 Å². The average molecular weight is 441 g/mol. The molecule has 0 aromatic heterocycles. The van der Waals surface area contributed by atoms with E-state index < -0.39 is 0 Å². The van der Waals surface area contributed by atoms with Crippen LogP contribution in [0.5, 0.6) is 5.75 Å². The Hall–Kier alpha value is -1.33. The molecule has 0 radical (unpaired) electrons. The lowest BCUT2D eigenvalue weighted by molar-refractivity contribution is 0.102. The van der Waals surface area contributed by atoms with Gasteiger partial charge in [0, 0.05) is 10.2 Å². The fourth-order valence-corrected chi connectivity index (χ4v) is 3.77. The summed E-state index contributed by atoms with van der Waals surface area (Å²) in [5, 5.41) is 3.01. The van der Waals surface area contributed by atoms with Gasteiger partial charge in [-0.15, -0.1) is 0 Å². The molecule has 122 valence electrons. The van der Waals surface area contributed by atoms with E-state index in [0.717, 1.165) is 26.6 Å². The minimum atomic E-state index is -0.195. The predicted molar refractivity (Wildman–Crippen MR) is 101 cm³/mol. The molecule has 0 aliphatic rings. The van der Waals surface area contributed by atoms with Crippen LogP contribution in [-0.2, 0) is 0 Å². The van der Waals surface area contributed by atoms with Gasteiger partial charge in [-0.05, 0) is 52.0 Å². The highest BCUT2D eigenvalue weighted by atomic mass is 79.9. The molecule has 2 rings (SSSR count). The maximum Gasteiger partial charge on any atom is 0.259 e. The fraction of sp³-hybridized carbons (Fsp3) is 0.278. The van der Waals surface area contributed by atoms with Crippen LogP contribution < -0.4 is 10.1 Å². The molecule has 3 nitrogen and oxygen atoms in total. The molecule has 0 aliphatic carbocycles. The second-order valence-electron chi connectivity index (χ2n) is 5.32. The maximum absolute atomic E-state index is 12.7. The van der Waals surface area contributed by atoms with Gasteiger partial charge in [0.05, 0.1) is 17.1 Å². The van der Waals surface area contributed by atoms with Gasteiger partial charge in [-0.2, -0.15) is 0 Å². The molecule has 0 aliphatic heterocycles. The minimum Gasteiger partial charge on any atom is -0.495 e. The molecule has 0 fully saturated rings. The van der Waals surface area contributed by atoms with Crippen LogP contribution in [0.1, 0.15) is 42.1 Å². The summed E-state index contributed by atoms with van der Waals surface area (Å²) in [7, 11) is 1.55. The number of benzene rings is 2. The lowest BCUT2D eigenvalue weighted by Crippen LogP contribution is -2.15. The number of hydrogen-bond acceptors (Lipinski definition) is 2. The molecule has 23 heavy (non-hydrogen) atoms. The van der Waals surface area contributed by atoms with E-state index in [1.807, 2.05) is 24.3 Å². The van der Waals surface area contributed by atoms with Crippen molar-refractivity contribution < 1.29 is 9.53 Å². The van der Waals surface area contributed by atoms with Gasteiger partial charge in [0.25, 0.3) is 5.91 Å². The van der Waals surface area contributed by atoms with Gasteiger partial charge in [0.1, 0.15) is 5.75 Å². The van der Waals surface area contributed by atoms with Crippen molar-refractivity contribution in [3.05, 3.63) is 56.5 Å². The molecule has 2 aromatic rings. The number of amides is 1. The number of para-hydroxylation sites is 1. The van der Waals surface area contributed by atoms with Crippen molar-refractivity contribution in [3.63, 3.8) is 0 Å². The Morgan fingerprint density at radius 3 is 2.61 bits per heavy atom. The van der Waals surface area contributed by atoms with Crippen LogP contribution in [0.15, 0.2) is 45.3 Å². The Kier molecular flexibility index (Phi) is 6.25. The monoisotopic (exact) mass is 439 g/mol. The van der Waals surface area contributed by atoms with E-state index in [2.05, 4.69) is 57.1 Å². The number of ether oxygens (including phenoxy) is 1. The molecule has 5 heteroatoms. The first-order chi connectivity index (χ1) is 11.0. The smallest absolute Gasteiger partial charge is 0.259 e. The van der Waals surface area contributed by atoms with Crippen LogP contribution in [0.4, 0.5) is 5.69 Å². The predicted octanol–water partition coefficient (Wildman–Crippen LogP) is 5.99. The van der Waals surface area contributed by atoms with Crippen molar-refractivity contribution in [2.24, 2.45) is 0 Å². The Labute approximate surface area is 153 Å². The van der Waals surface area contributed by atoms with E-state index in [-0.39, 0.29) is 5.91 Å². The van der Waals surface area contributed by atoms with Gasteiger partial charge < -0.3 is 10.1 Å². The van der Waals surface area contributed by atoms with Gasteiger partial charge in [-0.25, -0.2) is 0 Å². The second-order valence-corrected chi connectivity index (χ2v) is 7.09. The highest BCUT2D eigenvalue weighted by molar-refractivity contribution is 9.11. The molecule has 1 N–H and O–H groups in total. The summed E-state index contributed by atoms with van der Waals surface area (Å²) < 4.78 is 6.90. The first kappa shape index (κ1) is 18.0. The normalized spacial score (nSPS) is 11.9. The molecular formula is C18H19Br2NO2. The number of carbonyl (C=O) groups is 1. The molecule has 0 bridgehead atoms. The highest BCUT2D eigenvalue weighted by Crippen LogP contribution is 2.34. The number of hydrogen-bond donors (Lipinski definition) is 1. The van der Waals surface area contributed by atoms with Crippen molar-refractivity contribution in [2.75, 3.05) is 12.4 Å². The van der Waals surface area contributed by atoms with Crippen LogP contribution in [0.2, 0.25) is 0 Å². The summed E-state index contributed by atoms with van der Waals surface area (Å²) in [6.07, 6.45) is 1.01. The van der Waals surface area contributed by atoms with E-state index in [4.69, 9.17) is 4.74 Å². The van der Waals surface area contributed by atoms with Gasteiger partial charge >= 0.3 is 0 Å². The van der Waals surface area contributed by atoms with Crippen molar-refractivity contribution in [2.45, 2.75) is 26.2 Å². The fourth-order valence-electron chi connectivity index (χ4n) is 2.39. The molecule has 1 unspecified atom stereocenters. The SMILES string of the molecule is CCC(C)c1ccccc1NC(=O)c1cc(Br)cc(Br)c1OC. The van der Waals surface area contributed by atoms with E-state index in [9.17, 15) is 4.79 Å². The Morgan fingerprint density at radius 1 is 1.26 bits per heavy atom. The van der Waals surface area contributed by atoms with Gasteiger partial charge in [0.15, 0.2) is 0 Å². The summed E-state index contributed by atoms with van der Waals surface area (Å²) >= 11 is 6.84. The third kappa shape index (κ3) is 4.15. The minimum absolute atomic E-state index is 0.195. The number of rotatable bonds is 5. The number of anilines is 1. The van der Waals surface area contributed by atoms with E-state index in [0.29, 0.717) is 17.2 Å². The molecule has 0 saturated carbocycles. The van der Waals surface area contributed by atoms with Gasteiger partial charge in [-0.1, -0.05) is 48.0 Å². The third-order valence-corrected chi connectivity index (χ3v) is 4.86. The quantitative estimate of drug-likeness (QED) is 0.620. The third-order valence-electron chi connectivity index (χ3n) is 3.81. The molecule has 1 atom stereocenters. The molecule has 0 heterocycles. The average Bonchev–Trinajstić information content (AvgIpc) is 2.54. The lowest BCUT2D eigenvalue weighted by Gasteiger charge is -2.17. The summed E-state index contributed by atoms with van der Waals surface area (Å²) in [5.74, 6) is 0.703. The molecule has 2 aromatic carbocycles. The van der Waals surface area contributed by atoms with Crippen LogP contribution in [-0.4, -0.2) is 13.0 Å². The maximum atomic E-state index is 12.7. The topological polar surface area (TPSA) is 38.3 Å². The van der Waals surface area contributed by atoms with E-state index in [1.165, 1.54) is 0 Å². The Morgan fingerprint density at radius 2 is 1.96 bits per heavy atom. The van der Waals surface area contributed by atoms with Crippen molar-refractivity contribution in [3.8, 4) is 5.75 Å². The first-order valence-electron chi connectivity index (χ1n) is 7.41. The zero-order valence-corrected chi connectivity index (χ0v) is 16.5. The summed E-state index contributed by atoms with van der Waals surface area (Å²) in [6, 6.07) is 11.5. The highest BCUT2D eigenvalue weighted by Gasteiger charge is 2.18. The van der Waals surface area contributed by atoms with Gasteiger partial charge in [0.2, 0.25) is 0 Å². The first-order valence-corrected chi connectivity index (χ1v) is 8.99. The van der Waals surface area contributed by atoms with Crippen LogP contribution in [0, 0.1) is 0 Å². The zero-order chi connectivity index (χ0) is 17.0. The Bertz CT molecular complexity index is 716. The second kappa shape index (κ2) is 7.97. The van der Waals surface area contributed by atoms with Crippen molar-refractivity contribution in [1.29, 1.82) is 0 Å².